The Kier molecular flexibility index (Phi) is 2.64. The predicted octanol–water partition coefficient (Wildman–Crippen LogP) is 0.773. The van der Waals surface area contributed by atoms with Crippen molar-refractivity contribution < 1.29 is 4.74 Å². The topological polar surface area (TPSA) is 78.3 Å². The molecule has 2 aromatic rings. The molecule has 1 fully saturated rings. The minimum absolute atomic E-state index is 0.0409. The van der Waals surface area contributed by atoms with E-state index in [-0.39, 0.29) is 12.1 Å². The summed E-state index contributed by atoms with van der Waals surface area (Å²) in [5, 5.41) is 7.83. The van der Waals surface area contributed by atoms with Crippen molar-refractivity contribution in [1.82, 2.24) is 19.6 Å². The van der Waals surface area contributed by atoms with Gasteiger partial charge in [0, 0.05) is 18.4 Å². The zero-order chi connectivity index (χ0) is 11.7. The molecule has 3 rings (SSSR count). The Hall–Kier alpha value is -1.69. The molecule has 90 valence electrons. The van der Waals surface area contributed by atoms with Crippen LogP contribution in [0.25, 0.3) is 5.65 Å². The van der Waals surface area contributed by atoms with Crippen LogP contribution in [-0.2, 0) is 0 Å². The fourth-order valence-corrected chi connectivity index (χ4v) is 2.23. The number of hydrogen-bond acceptors (Lipinski definition) is 5. The third-order valence-electron chi connectivity index (χ3n) is 3.20. The lowest BCUT2D eigenvalue weighted by Crippen LogP contribution is -2.41. The summed E-state index contributed by atoms with van der Waals surface area (Å²) in [4.78, 5) is 4.21. The third-order valence-corrected chi connectivity index (χ3v) is 3.20. The Labute approximate surface area is 98.8 Å². The third kappa shape index (κ3) is 1.95. The second kappa shape index (κ2) is 4.29. The van der Waals surface area contributed by atoms with Crippen molar-refractivity contribution in [2.75, 3.05) is 0 Å². The van der Waals surface area contributed by atoms with Gasteiger partial charge in [-0.15, -0.1) is 10.2 Å². The molecule has 1 aliphatic carbocycles. The quantitative estimate of drug-likeness (QED) is 0.829. The van der Waals surface area contributed by atoms with Gasteiger partial charge in [-0.2, -0.15) is 0 Å². The number of nitrogens with zero attached hydrogens (tertiary/aromatic N) is 4. The van der Waals surface area contributed by atoms with Crippen LogP contribution < -0.4 is 10.5 Å². The molecule has 2 heterocycles. The fourth-order valence-electron chi connectivity index (χ4n) is 2.23. The molecule has 1 aliphatic rings. The largest absolute Gasteiger partial charge is 0.470 e. The lowest BCUT2D eigenvalue weighted by molar-refractivity contribution is 0.128. The van der Waals surface area contributed by atoms with E-state index in [0.29, 0.717) is 11.5 Å². The molecule has 0 saturated heterocycles. The maximum atomic E-state index is 6.05. The maximum Gasteiger partial charge on any atom is 0.260 e. The number of fused-ring (bicyclic) bond motifs is 1. The van der Waals surface area contributed by atoms with Gasteiger partial charge < -0.3 is 10.5 Å². The van der Waals surface area contributed by atoms with Crippen LogP contribution in [-0.4, -0.2) is 31.7 Å². The molecule has 2 N–H and O–H groups in total. The van der Waals surface area contributed by atoms with E-state index < -0.39 is 0 Å². The molecule has 6 nitrogen and oxygen atoms in total. The zero-order valence-electron chi connectivity index (χ0n) is 9.49. The van der Waals surface area contributed by atoms with Crippen molar-refractivity contribution in [1.29, 1.82) is 0 Å². The van der Waals surface area contributed by atoms with E-state index in [2.05, 4.69) is 15.2 Å². The van der Waals surface area contributed by atoms with Gasteiger partial charge in [0.05, 0.1) is 0 Å². The minimum atomic E-state index is 0.0409. The lowest BCUT2D eigenvalue weighted by atomic mass is 9.93. The Bertz CT molecular complexity index is 511. The van der Waals surface area contributed by atoms with Gasteiger partial charge in [0.1, 0.15) is 12.4 Å². The van der Waals surface area contributed by atoms with Crippen molar-refractivity contribution in [3.63, 3.8) is 0 Å². The van der Waals surface area contributed by atoms with Crippen molar-refractivity contribution >= 4 is 5.65 Å². The SMILES string of the molecule is NC1CCCCC1Oc1nccn2cnnc12. The predicted molar refractivity (Wildman–Crippen MR) is 61.6 cm³/mol. The van der Waals surface area contributed by atoms with Crippen LogP contribution in [0.2, 0.25) is 0 Å². The average Bonchev–Trinajstić information content (AvgIpc) is 2.81. The number of aromatic nitrogens is 4. The van der Waals surface area contributed by atoms with Gasteiger partial charge in [0.15, 0.2) is 0 Å². The highest BCUT2D eigenvalue weighted by atomic mass is 16.5. The van der Waals surface area contributed by atoms with Crippen LogP contribution in [0.1, 0.15) is 25.7 Å². The Morgan fingerprint density at radius 2 is 2.24 bits per heavy atom. The van der Waals surface area contributed by atoms with E-state index in [9.17, 15) is 0 Å². The Balaban J connectivity index is 1.86. The molecule has 2 atom stereocenters. The molecule has 0 amide bonds. The van der Waals surface area contributed by atoms with Gasteiger partial charge in [-0.05, 0) is 19.3 Å². The van der Waals surface area contributed by atoms with Crippen LogP contribution >= 0.6 is 0 Å². The Morgan fingerprint density at radius 3 is 3.12 bits per heavy atom. The summed E-state index contributed by atoms with van der Waals surface area (Å²) in [6.07, 6.45) is 9.49. The standard InChI is InChI=1S/C11H15N5O/c12-8-3-1-2-4-9(8)17-11-10-15-14-7-16(10)6-5-13-11/h5-9H,1-4,12H2. The Morgan fingerprint density at radius 1 is 1.35 bits per heavy atom. The molecule has 0 spiro atoms. The number of nitrogens with two attached hydrogens (primary N) is 1. The van der Waals surface area contributed by atoms with E-state index in [4.69, 9.17) is 10.5 Å². The smallest absolute Gasteiger partial charge is 0.260 e. The molecule has 0 radical (unpaired) electrons. The van der Waals surface area contributed by atoms with Gasteiger partial charge in [-0.3, -0.25) is 4.40 Å². The van der Waals surface area contributed by atoms with E-state index in [1.807, 2.05) is 0 Å². The van der Waals surface area contributed by atoms with E-state index in [1.54, 1.807) is 23.1 Å². The van der Waals surface area contributed by atoms with E-state index >= 15 is 0 Å². The first-order chi connectivity index (χ1) is 8.34. The first-order valence-corrected chi connectivity index (χ1v) is 5.91. The maximum absolute atomic E-state index is 6.05. The molecule has 6 heteroatoms. The molecule has 2 aromatic heterocycles. The van der Waals surface area contributed by atoms with Crippen LogP contribution in [0.15, 0.2) is 18.7 Å². The van der Waals surface area contributed by atoms with Gasteiger partial charge >= 0.3 is 0 Å². The molecule has 17 heavy (non-hydrogen) atoms. The normalized spacial score (nSPS) is 25.0. The van der Waals surface area contributed by atoms with E-state index in [1.165, 1.54) is 6.42 Å². The molecule has 0 bridgehead atoms. The second-order valence-electron chi connectivity index (χ2n) is 4.40. The average molecular weight is 233 g/mol. The summed E-state index contributed by atoms with van der Waals surface area (Å²) >= 11 is 0. The molecule has 2 unspecified atom stereocenters. The molecule has 0 aliphatic heterocycles. The van der Waals surface area contributed by atoms with Crippen LogP contribution in [0, 0.1) is 0 Å². The fraction of sp³-hybridized carbons (Fsp3) is 0.545. The highest BCUT2D eigenvalue weighted by Crippen LogP contribution is 2.23. The number of ether oxygens (including phenoxy) is 1. The van der Waals surface area contributed by atoms with Crippen LogP contribution in [0.3, 0.4) is 0 Å². The molecular formula is C11H15N5O. The van der Waals surface area contributed by atoms with Gasteiger partial charge in [-0.1, -0.05) is 6.42 Å². The van der Waals surface area contributed by atoms with Crippen molar-refractivity contribution in [3.05, 3.63) is 18.7 Å². The minimum Gasteiger partial charge on any atom is -0.470 e. The highest BCUT2D eigenvalue weighted by molar-refractivity contribution is 5.47. The molecule has 1 saturated carbocycles. The van der Waals surface area contributed by atoms with Gasteiger partial charge in [0.25, 0.3) is 5.88 Å². The lowest BCUT2D eigenvalue weighted by Gasteiger charge is -2.28. The van der Waals surface area contributed by atoms with Crippen LogP contribution in [0.4, 0.5) is 0 Å². The van der Waals surface area contributed by atoms with Gasteiger partial charge in [0.2, 0.25) is 5.65 Å². The summed E-state index contributed by atoms with van der Waals surface area (Å²) in [6.45, 7) is 0. The molecule has 0 aromatic carbocycles. The van der Waals surface area contributed by atoms with Gasteiger partial charge in [-0.25, -0.2) is 4.98 Å². The summed E-state index contributed by atoms with van der Waals surface area (Å²) in [6, 6.07) is 0.0914. The number of rotatable bonds is 2. The van der Waals surface area contributed by atoms with Crippen molar-refractivity contribution in [3.8, 4) is 5.88 Å². The van der Waals surface area contributed by atoms with Crippen molar-refractivity contribution in [2.45, 2.75) is 37.8 Å². The van der Waals surface area contributed by atoms with Crippen LogP contribution in [0.5, 0.6) is 5.88 Å². The summed E-state index contributed by atoms with van der Waals surface area (Å²) in [7, 11) is 0. The number of hydrogen-bond donors (Lipinski definition) is 1. The van der Waals surface area contributed by atoms with Crippen molar-refractivity contribution in [2.24, 2.45) is 5.73 Å². The zero-order valence-corrected chi connectivity index (χ0v) is 9.49. The monoisotopic (exact) mass is 233 g/mol. The highest BCUT2D eigenvalue weighted by Gasteiger charge is 2.24. The summed E-state index contributed by atoms with van der Waals surface area (Å²) in [5.74, 6) is 0.521. The summed E-state index contributed by atoms with van der Waals surface area (Å²) in [5.41, 5.74) is 6.69. The molecular weight excluding hydrogens is 218 g/mol. The first kappa shape index (κ1) is 10.5. The first-order valence-electron chi connectivity index (χ1n) is 5.91. The summed E-state index contributed by atoms with van der Waals surface area (Å²) < 4.78 is 7.67. The van der Waals surface area contributed by atoms with E-state index in [0.717, 1.165) is 19.3 Å². The second-order valence-corrected chi connectivity index (χ2v) is 4.40.